The summed E-state index contributed by atoms with van der Waals surface area (Å²) in [4.78, 5) is 12.2. The van der Waals surface area contributed by atoms with Gasteiger partial charge in [0.1, 0.15) is 0 Å². The van der Waals surface area contributed by atoms with Crippen LogP contribution in [0, 0.1) is 0 Å². The number of tetrazole rings is 1. The predicted molar refractivity (Wildman–Crippen MR) is 95.2 cm³/mol. The van der Waals surface area contributed by atoms with Gasteiger partial charge in [-0.05, 0) is 41.0 Å². The van der Waals surface area contributed by atoms with Gasteiger partial charge in [-0.3, -0.25) is 4.79 Å². The van der Waals surface area contributed by atoms with E-state index in [0.29, 0.717) is 23.5 Å². The summed E-state index contributed by atoms with van der Waals surface area (Å²) in [5.41, 5.74) is 1.01. The highest BCUT2D eigenvalue weighted by Gasteiger charge is 2.18. The van der Waals surface area contributed by atoms with Gasteiger partial charge >= 0.3 is 0 Å². The fraction of sp³-hybridized carbons (Fsp3) is 0.529. The second-order valence-corrected chi connectivity index (χ2v) is 7.44. The van der Waals surface area contributed by atoms with E-state index < -0.39 is 0 Å². The van der Waals surface area contributed by atoms with Crippen LogP contribution in [0.5, 0.6) is 11.5 Å². The van der Waals surface area contributed by atoms with Crippen LogP contribution < -0.4 is 14.8 Å². The number of benzene rings is 1. The average Bonchev–Trinajstić information content (AvgIpc) is 3.29. The lowest BCUT2D eigenvalue weighted by Gasteiger charge is -2.22. The maximum absolute atomic E-state index is 12.2. The third-order valence-corrected chi connectivity index (χ3v) is 5.53. The van der Waals surface area contributed by atoms with Crippen molar-refractivity contribution in [3.05, 3.63) is 23.8 Å². The van der Waals surface area contributed by atoms with Crippen molar-refractivity contribution in [3.63, 3.8) is 0 Å². The molecule has 138 valence electrons. The number of hydrogen-bond donors (Lipinski definition) is 1. The van der Waals surface area contributed by atoms with Crippen molar-refractivity contribution in [2.24, 2.45) is 0 Å². The molecule has 0 saturated heterocycles. The van der Waals surface area contributed by atoms with Gasteiger partial charge in [0.15, 0.2) is 11.5 Å². The lowest BCUT2D eigenvalue weighted by Crippen LogP contribution is -2.37. The molecule has 1 amide bonds. The quantitative estimate of drug-likeness (QED) is 0.772. The molecule has 1 aliphatic carbocycles. The van der Waals surface area contributed by atoms with E-state index in [-0.39, 0.29) is 12.7 Å². The summed E-state index contributed by atoms with van der Waals surface area (Å²) < 4.78 is 12.4. The zero-order chi connectivity index (χ0) is 17.8. The van der Waals surface area contributed by atoms with Crippen LogP contribution in [-0.2, 0) is 11.3 Å². The molecule has 1 fully saturated rings. The molecule has 26 heavy (non-hydrogen) atoms. The SMILES string of the molecule is O=C(CSc1nnnn1Cc1ccc2c(c1)OCO2)NC1CCCCC1. The lowest BCUT2D eigenvalue weighted by atomic mass is 9.95. The van der Waals surface area contributed by atoms with Gasteiger partial charge in [-0.1, -0.05) is 37.1 Å². The summed E-state index contributed by atoms with van der Waals surface area (Å²) in [5.74, 6) is 1.84. The van der Waals surface area contributed by atoms with E-state index in [4.69, 9.17) is 9.47 Å². The van der Waals surface area contributed by atoms with Crippen molar-refractivity contribution in [2.75, 3.05) is 12.5 Å². The summed E-state index contributed by atoms with van der Waals surface area (Å²) in [6.07, 6.45) is 5.84. The molecule has 0 bridgehead atoms. The van der Waals surface area contributed by atoms with Crippen LogP contribution >= 0.6 is 11.8 Å². The van der Waals surface area contributed by atoms with E-state index in [9.17, 15) is 4.79 Å². The molecule has 1 N–H and O–H groups in total. The van der Waals surface area contributed by atoms with Crippen LogP contribution in [0.2, 0.25) is 0 Å². The maximum Gasteiger partial charge on any atom is 0.231 e. The second kappa shape index (κ2) is 7.94. The number of carbonyl (C=O) groups is 1. The van der Waals surface area contributed by atoms with Crippen molar-refractivity contribution in [2.45, 2.75) is 49.8 Å². The summed E-state index contributed by atoms with van der Waals surface area (Å²) in [7, 11) is 0. The number of nitrogens with one attached hydrogen (secondary N) is 1. The number of carbonyl (C=O) groups excluding carboxylic acids is 1. The molecule has 1 aromatic heterocycles. The number of nitrogens with zero attached hydrogens (tertiary/aromatic N) is 4. The largest absolute Gasteiger partial charge is 0.454 e. The summed E-state index contributed by atoms with van der Waals surface area (Å²) in [6, 6.07) is 6.08. The van der Waals surface area contributed by atoms with Gasteiger partial charge in [0, 0.05) is 6.04 Å². The van der Waals surface area contributed by atoms with Gasteiger partial charge in [-0.15, -0.1) is 5.10 Å². The van der Waals surface area contributed by atoms with Crippen LogP contribution in [0.25, 0.3) is 0 Å². The number of rotatable bonds is 6. The smallest absolute Gasteiger partial charge is 0.231 e. The van der Waals surface area contributed by atoms with Crippen molar-refractivity contribution in [3.8, 4) is 11.5 Å². The van der Waals surface area contributed by atoms with E-state index in [1.54, 1.807) is 4.68 Å². The molecule has 0 atom stereocenters. The zero-order valence-corrected chi connectivity index (χ0v) is 15.2. The molecule has 0 unspecified atom stereocenters. The summed E-state index contributed by atoms with van der Waals surface area (Å²) in [5, 5.41) is 15.5. The van der Waals surface area contributed by atoms with Crippen molar-refractivity contribution in [1.29, 1.82) is 0 Å². The number of aromatic nitrogens is 4. The molecule has 1 aromatic carbocycles. The molecular formula is C17H21N5O3S. The minimum absolute atomic E-state index is 0.0412. The minimum Gasteiger partial charge on any atom is -0.454 e. The molecule has 2 heterocycles. The Balaban J connectivity index is 1.32. The fourth-order valence-corrected chi connectivity index (χ4v) is 3.95. The topological polar surface area (TPSA) is 91.2 Å². The van der Waals surface area contributed by atoms with Crippen LogP contribution in [0.1, 0.15) is 37.7 Å². The number of hydrogen-bond acceptors (Lipinski definition) is 7. The van der Waals surface area contributed by atoms with Gasteiger partial charge in [0.05, 0.1) is 12.3 Å². The monoisotopic (exact) mass is 375 g/mol. The molecule has 4 rings (SSSR count). The Labute approximate surface area is 155 Å². The molecule has 1 saturated carbocycles. The van der Waals surface area contributed by atoms with Gasteiger partial charge in [0.2, 0.25) is 17.9 Å². The molecule has 2 aliphatic rings. The Morgan fingerprint density at radius 3 is 2.96 bits per heavy atom. The third kappa shape index (κ3) is 4.09. The predicted octanol–water partition coefficient (Wildman–Crippen LogP) is 1.99. The maximum atomic E-state index is 12.2. The fourth-order valence-electron chi connectivity index (χ4n) is 3.26. The van der Waals surface area contributed by atoms with E-state index in [0.717, 1.165) is 29.9 Å². The van der Waals surface area contributed by atoms with Gasteiger partial charge < -0.3 is 14.8 Å². The van der Waals surface area contributed by atoms with Gasteiger partial charge in [0.25, 0.3) is 0 Å². The first-order valence-electron chi connectivity index (χ1n) is 8.85. The number of thioether (sulfide) groups is 1. The van der Waals surface area contributed by atoms with Crippen LogP contribution in [0.3, 0.4) is 0 Å². The molecule has 2 aromatic rings. The Morgan fingerprint density at radius 2 is 2.08 bits per heavy atom. The third-order valence-electron chi connectivity index (χ3n) is 4.57. The Bertz CT molecular complexity index is 776. The van der Waals surface area contributed by atoms with E-state index in [1.165, 1.54) is 31.0 Å². The van der Waals surface area contributed by atoms with Gasteiger partial charge in [-0.25, -0.2) is 4.68 Å². The second-order valence-electron chi connectivity index (χ2n) is 6.50. The molecule has 8 nitrogen and oxygen atoms in total. The number of ether oxygens (including phenoxy) is 2. The van der Waals surface area contributed by atoms with Crippen molar-refractivity contribution in [1.82, 2.24) is 25.5 Å². The van der Waals surface area contributed by atoms with E-state index >= 15 is 0 Å². The highest BCUT2D eigenvalue weighted by molar-refractivity contribution is 7.99. The van der Waals surface area contributed by atoms with Crippen molar-refractivity contribution >= 4 is 17.7 Å². The number of fused-ring (bicyclic) bond motifs is 1. The van der Waals surface area contributed by atoms with E-state index in [1.807, 2.05) is 18.2 Å². The molecule has 0 spiro atoms. The van der Waals surface area contributed by atoms with E-state index in [2.05, 4.69) is 20.8 Å². The Morgan fingerprint density at radius 1 is 1.23 bits per heavy atom. The number of amides is 1. The normalized spacial score (nSPS) is 16.6. The Hall–Kier alpha value is -2.29. The average molecular weight is 375 g/mol. The first-order valence-corrected chi connectivity index (χ1v) is 9.83. The first-order chi connectivity index (χ1) is 12.8. The van der Waals surface area contributed by atoms with Crippen LogP contribution in [0.4, 0.5) is 0 Å². The lowest BCUT2D eigenvalue weighted by molar-refractivity contribution is -0.119. The molecule has 1 aliphatic heterocycles. The highest BCUT2D eigenvalue weighted by Crippen LogP contribution is 2.32. The van der Waals surface area contributed by atoms with Crippen LogP contribution in [0.15, 0.2) is 23.4 Å². The molecule has 9 heteroatoms. The minimum atomic E-state index is 0.0412. The van der Waals surface area contributed by atoms with Crippen LogP contribution in [-0.4, -0.2) is 44.7 Å². The summed E-state index contributed by atoms with van der Waals surface area (Å²) >= 11 is 1.35. The summed E-state index contributed by atoms with van der Waals surface area (Å²) in [6.45, 7) is 0.761. The first kappa shape index (κ1) is 17.1. The Kier molecular flexibility index (Phi) is 5.24. The van der Waals surface area contributed by atoms with Crippen molar-refractivity contribution < 1.29 is 14.3 Å². The standard InChI is InChI=1S/C17H21N5O3S/c23-16(18-13-4-2-1-3-5-13)10-26-17-19-20-21-22(17)9-12-6-7-14-15(8-12)25-11-24-14/h6-8,13H,1-5,9-11H2,(H,18,23). The molecular weight excluding hydrogens is 354 g/mol. The molecule has 0 radical (unpaired) electrons. The zero-order valence-electron chi connectivity index (χ0n) is 14.4. The highest BCUT2D eigenvalue weighted by atomic mass is 32.2. The van der Waals surface area contributed by atoms with Gasteiger partial charge in [-0.2, -0.15) is 0 Å².